The zero-order chi connectivity index (χ0) is 11.5. The first-order valence-corrected chi connectivity index (χ1v) is 5.39. The molecule has 1 aromatic rings. The fourth-order valence-corrected chi connectivity index (χ4v) is 1.89. The van der Waals surface area contributed by atoms with E-state index >= 15 is 0 Å². The quantitative estimate of drug-likeness (QED) is 0.802. The maximum absolute atomic E-state index is 12.7. The van der Waals surface area contributed by atoms with Crippen molar-refractivity contribution < 1.29 is 9.18 Å². The third kappa shape index (κ3) is 2.39. The van der Waals surface area contributed by atoms with Crippen molar-refractivity contribution in [1.82, 2.24) is 10.2 Å². The van der Waals surface area contributed by atoms with Crippen LogP contribution in [0.15, 0.2) is 24.3 Å². The molecule has 1 N–H and O–H groups in total. The highest BCUT2D eigenvalue weighted by atomic mass is 19.1. The molecule has 1 amide bonds. The largest absolute Gasteiger partial charge is 0.343 e. The molecule has 86 valence electrons. The number of carbonyl (C=O) groups excluding carboxylic acids is 1. The number of nitrogens with one attached hydrogen (secondary N) is 1. The van der Waals surface area contributed by atoms with Gasteiger partial charge in [0.15, 0.2) is 0 Å². The van der Waals surface area contributed by atoms with Crippen LogP contribution in [0.25, 0.3) is 0 Å². The molecule has 2 rings (SSSR count). The Labute approximate surface area is 94.3 Å². The summed E-state index contributed by atoms with van der Waals surface area (Å²) in [6, 6.07) is 6.11. The van der Waals surface area contributed by atoms with Gasteiger partial charge in [-0.15, -0.1) is 0 Å². The number of halogens is 1. The lowest BCUT2D eigenvalue weighted by Gasteiger charge is -2.30. The molecule has 1 saturated heterocycles. The Hall–Kier alpha value is -1.42. The van der Waals surface area contributed by atoms with Gasteiger partial charge in [-0.05, 0) is 24.1 Å². The van der Waals surface area contributed by atoms with Gasteiger partial charge in [0.1, 0.15) is 5.82 Å². The monoisotopic (exact) mass is 222 g/mol. The summed E-state index contributed by atoms with van der Waals surface area (Å²) >= 11 is 0. The number of benzene rings is 1. The molecule has 0 spiro atoms. The van der Waals surface area contributed by atoms with Crippen LogP contribution in [0.3, 0.4) is 0 Å². The van der Waals surface area contributed by atoms with Crippen LogP contribution in [0.4, 0.5) is 4.39 Å². The summed E-state index contributed by atoms with van der Waals surface area (Å²) < 4.78 is 12.7. The highest BCUT2D eigenvalue weighted by Crippen LogP contribution is 2.09. The second-order valence-corrected chi connectivity index (χ2v) is 4.10. The first-order chi connectivity index (χ1) is 7.66. The summed E-state index contributed by atoms with van der Waals surface area (Å²) in [6.07, 6.45) is 0.615. The summed E-state index contributed by atoms with van der Waals surface area (Å²) in [7, 11) is 1.81. The van der Waals surface area contributed by atoms with Crippen molar-refractivity contribution in [2.75, 3.05) is 20.1 Å². The average molecular weight is 222 g/mol. The molecule has 0 radical (unpaired) electrons. The van der Waals surface area contributed by atoms with E-state index in [2.05, 4.69) is 5.32 Å². The van der Waals surface area contributed by atoms with Crippen molar-refractivity contribution >= 4 is 5.91 Å². The van der Waals surface area contributed by atoms with E-state index in [1.807, 2.05) is 0 Å². The van der Waals surface area contributed by atoms with E-state index in [-0.39, 0.29) is 17.8 Å². The molecule has 1 aromatic carbocycles. The van der Waals surface area contributed by atoms with Gasteiger partial charge in [0.2, 0.25) is 5.91 Å². The van der Waals surface area contributed by atoms with Gasteiger partial charge < -0.3 is 10.2 Å². The lowest BCUT2D eigenvalue weighted by atomic mass is 10.0. The third-order valence-corrected chi connectivity index (χ3v) is 2.87. The predicted octanol–water partition coefficient (Wildman–Crippen LogP) is 0.798. The molecule has 1 heterocycles. The minimum absolute atomic E-state index is 0.107. The van der Waals surface area contributed by atoms with E-state index in [1.54, 1.807) is 24.1 Å². The maximum Gasteiger partial charge on any atom is 0.239 e. The van der Waals surface area contributed by atoms with Crippen molar-refractivity contribution in [2.45, 2.75) is 12.5 Å². The SMILES string of the molecule is CN1CCNC(Cc2ccc(F)cc2)C1=O. The molecule has 1 fully saturated rings. The number of hydrogen-bond donors (Lipinski definition) is 1. The van der Waals surface area contributed by atoms with Crippen LogP contribution < -0.4 is 5.32 Å². The molecule has 0 aliphatic carbocycles. The van der Waals surface area contributed by atoms with Gasteiger partial charge in [-0.25, -0.2) is 4.39 Å². The third-order valence-electron chi connectivity index (χ3n) is 2.87. The van der Waals surface area contributed by atoms with Crippen LogP contribution in [0.5, 0.6) is 0 Å². The Bertz CT molecular complexity index is 377. The average Bonchev–Trinajstić information content (AvgIpc) is 2.28. The second-order valence-electron chi connectivity index (χ2n) is 4.10. The zero-order valence-electron chi connectivity index (χ0n) is 9.24. The highest BCUT2D eigenvalue weighted by molar-refractivity contribution is 5.82. The molecule has 3 nitrogen and oxygen atoms in total. The molecular formula is C12H15FN2O. The van der Waals surface area contributed by atoms with Crippen molar-refractivity contribution in [1.29, 1.82) is 0 Å². The first kappa shape index (κ1) is 11.1. The summed E-state index contributed by atoms with van der Waals surface area (Å²) in [5.74, 6) is -0.139. The minimum Gasteiger partial charge on any atom is -0.343 e. The lowest BCUT2D eigenvalue weighted by molar-refractivity contribution is -0.134. The molecular weight excluding hydrogens is 207 g/mol. The minimum atomic E-state index is -0.246. The predicted molar refractivity (Wildman–Crippen MR) is 59.5 cm³/mol. The molecule has 1 unspecified atom stereocenters. The summed E-state index contributed by atoms with van der Waals surface area (Å²) in [5.41, 5.74) is 0.975. The number of likely N-dealkylation sites (N-methyl/N-ethyl adjacent to an activating group) is 1. The van der Waals surface area contributed by atoms with Crippen LogP contribution in [0.1, 0.15) is 5.56 Å². The topological polar surface area (TPSA) is 32.3 Å². The lowest BCUT2D eigenvalue weighted by Crippen LogP contribution is -2.54. The number of piperazine rings is 1. The summed E-state index contributed by atoms with van der Waals surface area (Å²) in [6.45, 7) is 1.56. The van der Waals surface area contributed by atoms with Crippen LogP contribution in [-0.4, -0.2) is 37.0 Å². The number of rotatable bonds is 2. The van der Waals surface area contributed by atoms with Crippen LogP contribution in [0.2, 0.25) is 0 Å². The van der Waals surface area contributed by atoms with E-state index in [9.17, 15) is 9.18 Å². The zero-order valence-corrected chi connectivity index (χ0v) is 9.24. The van der Waals surface area contributed by atoms with Gasteiger partial charge in [-0.3, -0.25) is 4.79 Å². The Balaban J connectivity index is 2.03. The van der Waals surface area contributed by atoms with Gasteiger partial charge in [-0.1, -0.05) is 12.1 Å². The fraction of sp³-hybridized carbons (Fsp3) is 0.417. The van der Waals surface area contributed by atoms with E-state index < -0.39 is 0 Å². The maximum atomic E-state index is 12.7. The van der Waals surface area contributed by atoms with E-state index in [0.717, 1.165) is 18.7 Å². The molecule has 0 bridgehead atoms. The van der Waals surface area contributed by atoms with Crippen molar-refractivity contribution in [3.05, 3.63) is 35.6 Å². The molecule has 4 heteroatoms. The standard InChI is InChI=1S/C12H15FN2O/c1-15-7-6-14-11(12(15)16)8-9-2-4-10(13)5-3-9/h2-5,11,14H,6-8H2,1H3. The Kier molecular flexibility index (Phi) is 3.19. The number of carbonyl (C=O) groups is 1. The van der Waals surface area contributed by atoms with Gasteiger partial charge in [0.05, 0.1) is 6.04 Å². The van der Waals surface area contributed by atoms with Crippen LogP contribution >= 0.6 is 0 Å². The molecule has 1 atom stereocenters. The van der Waals surface area contributed by atoms with Crippen LogP contribution in [-0.2, 0) is 11.2 Å². The Morgan fingerprint density at radius 1 is 1.44 bits per heavy atom. The Morgan fingerprint density at radius 2 is 2.12 bits per heavy atom. The highest BCUT2D eigenvalue weighted by Gasteiger charge is 2.25. The second kappa shape index (κ2) is 4.61. The van der Waals surface area contributed by atoms with E-state index in [0.29, 0.717) is 6.42 Å². The van der Waals surface area contributed by atoms with Gasteiger partial charge in [0.25, 0.3) is 0 Å². The van der Waals surface area contributed by atoms with Gasteiger partial charge in [-0.2, -0.15) is 0 Å². The molecule has 16 heavy (non-hydrogen) atoms. The molecule has 1 aliphatic rings. The number of hydrogen-bond acceptors (Lipinski definition) is 2. The molecule has 0 aromatic heterocycles. The molecule has 0 saturated carbocycles. The normalized spacial score (nSPS) is 21.2. The van der Waals surface area contributed by atoms with Gasteiger partial charge >= 0.3 is 0 Å². The summed E-state index contributed by atoms with van der Waals surface area (Å²) in [5, 5.41) is 3.18. The number of nitrogens with zero attached hydrogens (tertiary/aromatic N) is 1. The summed E-state index contributed by atoms with van der Waals surface area (Å²) in [4.78, 5) is 13.5. The van der Waals surface area contributed by atoms with E-state index in [4.69, 9.17) is 0 Å². The first-order valence-electron chi connectivity index (χ1n) is 5.39. The van der Waals surface area contributed by atoms with Crippen molar-refractivity contribution in [3.8, 4) is 0 Å². The Morgan fingerprint density at radius 3 is 2.81 bits per heavy atom. The fourth-order valence-electron chi connectivity index (χ4n) is 1.89. The molecule has 1 aliphatic heterocycles. The number of amides is 1. The van der Waals surface area contributed by atoms with Crippen molar-refractivity contribution in [2.24, 2.45) is 0 Å². The van der Waals surface area contributed by atoms with E-state index in [1.165, 1.54) is 12.1 Å². The van der Waals surface area contributed by atoms with Gasteiger partial charge in [0, 0.05) is 20.1 Å². The van der Waals surface area contributed by atoms with Crippen molar-refractivity contribution in [3.63, 3.8) is 0 Å². The smallest absolute Gasteiger partial charge is 0.239 e. The van der Waals surface area contributed by atoms with Crippen LogP contribution in [0, 0.1) is 5.82 Å².